The van der Waals surface area contributed by atoms with E-state index in [0.717, 1.165) is 84.0 Å². The minimum absolute atomic E-state index is 0.0203. The monoisotopic (exact) mass is 497 g/mol. The first kappa shape index (κ1) is 23.6. The van der Waals surface area contributed by atoms with Crippen LogP contribution < -0.4 is 10.6 Å². The largest absolute Gasteiger partial charge is 0.392 e. The van der Waals surface area contributed by atoms with Crippen molar-refractivity contribution in [2.24, 2.45) is 5.92 Å². The molecule has 8 nitrogen and oxygen atoms in total. The number of aliphatic hydroxyl groups is 1. The van der Waals surface area contributed by atoms with E-state index in [1.165, 1.54) is 0 Å². The second kappa shape index (κ2) is 9.95. The molecular weight excluding hydrogens is 466 g/mol. The van der Waals surface area contributed by atoms with E-state index in [1.54, 1.807) is 0 Å². The highest BCUT2D eigenvalue weighted by molar-refractivity contribution is 5.96. The van der Waals surface area contributed by atoms with Gasteiger partial charge in [-0.05, 0) is 55.5 Å². The third-order valence-corrected chi connectivity index (χ3v) is 7.22. The molecule has 2 fully saturated rings. The molecule has 1 saturated heterocycles. The first-order valence-corrected chi connectivity index (χ1v) is 12.9. The fourth-order valence-corrected chi connectivity index (χ4v) is 4.90. The number of hydrogen-bond donors (Lipinski definition) is 3. The van der Waals surface area contributed by atoms with Crippen molar-refractivity contribution in [3.63, 3.8) is 0 Å². The number of amides is 1. The topological polar surface area (TPSA) is 101 Å². The number of aryl methyl sites for hydroxylation is 1. The van der Waals surface area contributed by atoms with Gasteiger partial charge in [0.05, 0.1) is 36.5 Å². The molecule has 1 unspecified atom stereocenters. The summed E-state index contributed by atoms with van der Waals surface area (Å²) in [6.07, 6.45) is 4.98. The van der Waals surface area contributed by atoms with Gasteiger partial charge in [0, 0.05) is 41.8 Å². The lowest BCUT2D eigenvalue weighted by atomic mass is 10.0. The third-order valence-electron chi connectivity index (χ3n) is 7.22. The molecule has 1 atom stereocenters. The summed E-state index contributed by atoms with van der Waals surface area (Å²) in [6, 6.07) is 15.9. The number of hydrogen-bond acceptors (Lipinski definition) is 6. The average molecular weight is 498 g/mol. The van der Waals surface area contributed by atoms with Crippen molar-refractivity contribution in [2.45, 2.75) is 38.8 Å². The number of aromatic nitrogens is 3. The van der Waals surface area contributed by atoms with Gasteiger partial charge in [0.2, 0.25) is 0 Å². The van der Waals surface area contributed by atoms with Gasteiger partial charge in [0.25, 0.3) is 5.91 Å². The number of fused-ring (bicyclic) bond motifs is 1. The predicted octanol–water partition coefficient (Wildman–Crippen LogP) is 4.20. The maximum Gasteiger partial charge on any atom is 0.251 e. The molecule has 37 heavy (non-hydrogen) atoms. The highest BCUT2D eigenvalue weighted by Crippen LogP contribution is 2.31. The lowest BCUT2D eigenvalue weighted by Crippen LogP contribution is -2.26. The highest BCUT2D eigenvalue weighted by atomic mass is 16.5. The van der Waals surface area contributed by atoms with Crippen LogP contribution in [0.15, 0.2) is 54.7 Å². The molecule has 190 valence electrons. The lowest BCUT2D eigenvalue weighted by Gasteiger charge is -2.15. The minimum atomic E-state index is -0.0710. The molecule has 2 aliphatic rings. The van der Waals surface area contributed by atoms with Gasteiger partial charge in [-0.25, -0.2) is 9.50 Å². The Kier molecular flexibility index (Phi) is 6.36. The standard InChI is InChI=1S/C29H31N5O3/c1-18-12-20(6-9-23(18)29(36)32-22-7-8-22)27-15-31-28-26(30-14-19-10-11-37-17-19)13-25(33-34(27)28)24-5-3-2-4-21(24)16-35/h2-6,9,12-13,15,19,22,30,35H,7-8,10-11,14,16-17H2,1H3,(H,32,36). The molecule has 0 radical (unpaired) electrons. The summed E-state index contributed by atoms with van der Waals surface area (Å²) in [5, 5.41) is 21.6. The number of nitrogens with zero attached hydrogens (tertiary/aromatic N) is 3. The number of carbonyl (C=O) groups is 1. The molecule has 1 amide bonds. The van der Waals surface area contributed by atoms with Gasteiger partial charge in [-0.2, -0.15) is 5.10 Å². The molecule has 1 saturated carbocycles. The van der Waals surface area contributed by atoms with Crippen LogP contribution in [0.1, 0.15) is 40.7 Å². The highest BCUT2D eigenvalue weighted by Gasteiger charge is 2.25. The van der Waals surface area contributed by atoms with E-state index in [2.05, 4.69) is 10.6 Å². The van der Waals surface area contributed by atoms with E-state index in [4.69, 9.17) is 14.8 Å². The van der Waals surface area contributed by atoms with E-state index < -0.39 is 0 Å². The molecule has 2 aromatic heterocycles. The zero-order valence-corrected chi connectivity index (χ0v) is 20.9. The maximum absolute atomic E-state index is 12.6. The Hall–Kier alpha value is -3.75. The molecule has 3 heterocycles. The SMILES string of the molecule is Cc1cc(-c2cnc3c(NCC4CCOC4)cc(-c4ccccc4CO)nn23)ccc1C(=O)NC1CC1. The normalized spacial score (nSPS) is 17.3. The van der Waals surface area contributed by atoms with Gasteiger partial charge in [0.1, 0.15) is 0 Å². The van der Waals surface area contributed by atoms with Gasteiger partial charge in [-0.3, -0.25) is 4.79 Å². The van der Waals surface area contributed by atoms with Crippen LogP contribution in [-0.4, -0.2) is 51.4 Å². The number of rotatable bonds is 8. The lowest BCUT2D eigenvalue weighted by molar-refractivity contribution is 0.0950. The molecule has 0 bridgehead atoms. The van der Waals surface area contributed by atoms with Gasteiger partial charge >= 0.3 is 0 Å². The average Bonchev–Trinajstić information content (AvgIpc) is 3.38. The molecule has 4 aromatic rings. The van der Waals surface area contributed by atoms with Gasteiger partial charge in [-0.1, -0.05) is 30.3 Å². The van der Waals surface area contributed by atoms with Crippen LogP contribution in [0.4, 0.5) is 5.69 Å². The molecule has 2 aromatic carbocycles. The summed E-state index contributed by atoms with van der Waals surface area (Å²) < 4.78 is 7.41. The Morgan fingerprint density at radius 3 is 2.78 bits per heavy atom. The number of ether oxygens (including phenoxy) is 1. The van der Waals surface area contributed by atoms with Crippen molar-refractivity contribution in [2.75, 3.05) is 25.1 Å². The number of aliphatic hydroxyl groups excluding tert-OH is 1. The number of carbonyl (C=O) groups excluding carboxylic acids is 1. The van der Waals surface area contributed by atoms with Crippen molar-refractivity contribution in [3.8, 4) is 22.5 Å². The van der Waals surface area contributed by atoms with Crippen molar-refractivity contribution in [3.05, 3.63) is 71.4 Å². The Labute approximate surface area is 215 Å². The van der Waals surface area contributed by atoms with Crippen LogP contribution in [0.5, 0.6) is 0 Å². The van der Waals surface area contributed by atoms with E-state index >= 15 is 0 Å². The fourth-order valence-electron chi connectivity index (χ4n) is 4.90. The van der Waals surface area contributed by atoms with Crippen LogP contribution in [0.3, 0.4) is 0 Å². The second-order valence-corrected chi connectivity index (χ2v) is 10.0. The van der Waals surface area contributed by atoms with E-state index in [-0.39, 0.29) is 12.5 Å². The van der Waals surface area contributed by atoms with Crippen molar-refractivity contribution in [1.29, 1.82) is 0 Å². The summed E-state index contributed by atoms with van der Waals surface area (Å²) in [4.78, 5) is 17.4. The smallest absolute Gasteiger partial charge is 0.251 e. The molecule has 3 N–H and O–H groups in total. The summed E-state index contributed by atoms with van der Waals surface area (Å²) in [7, 11) is 0. The van der Waals surface area contributed by atoms with Crippen LogP contribution in [-0.2, 0) is 11.3 Å². The molecule has 8 heteroatoms. The molecule has 0 spiro atoms. The molecular formula is C29H31N5O3. The summed E-state index contributed by atoms with van der Waals surface area (Å²) >= 11 is 0. The Morgan fingerprint density at radius 1 is 1.16 bits per heavy atom. The summed E-state index contributed by atoms with van der Waals surface area (Å²) in [5.74, 6) is 0.431. The molecule has 1 aliphatic heterocycles. The number of imidazole rings is 1. The number of benzene rings is 2. The van der Waals surface area contributed by atoms with E-state index in [0.29, 0.717) is 17.5 Å². The first-order chi connectivity index (χ1) is 18.1. The molecule has 6 rings (SSSR count). The maximum atomic E-state index is 12.6. The zero-order chi connectivity index (χ0) is 25.4. The Balaban J connectivity index is 1.41. The quantitative estimate of drug-likeness (QED) is 0.337. The van der Waals surface area contributed by atoms with Gasteiger partial charge < -0.3 is 20.5 Å². The van der Waals surface area contributed by atoms with Gasteiger partial charge in [-0.15, -0.1) is 0 Å². The summed E-state index contributed by atoms with van der Waals surface area (Å²) in [5.41, 5.74) is 7.42. The van der Waals surface area contributed by atoms with Crippen LogP contribution in [0.25, 0.3) is 28.2 Å². The minimum Gasteiger partial charge on any atom is -0.392 e. The number of anilines is 1. The van der Waals surface area contributed by atoms with Gasteiger partial charge in [0.15, 0.2) is 5.65 Å². The van der Waals surface area contributed by atoms with E-state index in [9.17, 15) is 9.90 Å². The zero-order valence-electron chi connectivity index (χ0n) is 20.9. The van der Waals surface area contributed by atoms with Crippen LogP contribution >= 0.6 is 0 Å². The Bertz CT molecular complexity index is 1450. The first-order valence-electron chi connectivity index (χ1n) is 12.9. The van der Waals surface area contributed by atoms with Crippen molar-refractivity contribution >= 4 is 17.2 Å². The third kappa shape index (κ3) is 4.82. The van der Waals surface area contributed by atoms with Crippen LogP contribution in [0.2, 0.25) is 0 Å². The van der Waals surface area contributed by atoms with Crippen molar-refractivity contribution in [1.82, 2.24) is 19.9 Å². The van der Waals surface area contributed by atoms with Crippen LogP contribution in [0, 0.1) is 12.8 Å². The fraction of sp³-hybridized carbons (Fsp3) is 0.345. The Morgan fingerprint density at radius 2 is 2.03 bits per heavy atom. The van der Waals surface area contributed by atoms with E-state index in [1.807, 2.05) is 66.2 Å². The predicted molar refractivity (Wildman–Crippen MR) is 142 cm³/mol. The molecule has 1 aliphatic carbocycles. The number of nitrogens with one attached hydrogen (secondary N) is 2. The second-order valence-electron chi connectivity index (χ2n) is 10.0. The summed E-state index contributed by atoms with van der Waals surface area (Å²) in [6.45, 7) is 4.23. The van der Waals surface area contributed by atoms with Crippen molar-refractivity contribution < 1.29 is 14.6 Å².